The fraction of sp³-hybridized carbons (Fsp3) is 0.389. The van der Waals surface area contributed by atoms with E-state index in [4.69, 9.17) is 4.42 Å². The molecule has 24 heavy (non-hydrogen) atoms. The number of H-pyrrole nitrogens is 1. The van der Waals surface area contributed by atoms with E-state index in [1.165, 1.54) is 5.56 Å². The Hall–Kier alpha value is -2.47. The molecule has 1 aromatic carbocycles. The van der Waals surface area contributed by atoms with E-state index < -0.39 is 0 Å². The number of hydrogen-bond donors (Lipinski definition) is 1. The summed E-state index contributed by atoms with van der Waals surface area (Å²) in [5, 5.41) is 7.95. The molecule has 6 heteroatoms. The summed E-state index contributed by atoms with van der Waals surface area (Å²) in [4.78, 5) is 18.6. The summed E-state index contributed by atoms with van der Waals surface area (Å²) in [6, 6.07) is 7.97. The van der Waals surface area contributed by atoms with Crippen molar-refractivity contribution in [1.29, 1.82) is 0 Å². The highest BCUT2D eigenvalue weighted by atomic mass is 16.4. The van der Waals surface area contributed by atoms with Gasteiger partial charge in [0.1, 0.15) is 17.7 Å². The summed E-state index contributed by atoms with van der Waals surface area (Å²) < 4.78 is 5.41. The fourth-order valence-corrected chi connectivity index (χ4v) is 3.54. The van der Waals surface area contributed by atoms with Gasteiger partial charge in [0.2, 0.25) is 0 Å². The second kappa shape index (κ2) is 6.20. The lowest BCUT2D eigenvalue weighted by atomic mass is 10.1. The molecule has 0 amide bonds. The van der Waals surface area contributed by atoms with E-state index in [1.807, 2.05) is 6.07 Å². The monoisotopic (exact) mass is 324 g/mol. The third kappa shape index (κ3) is 2.73. The molecular formula is C18H20N4O2. The first-order valence-electron chi connectivity index (χ1n) is 8.39. The molecule has 0 saturated carbocycles. The van der Waals surface area contributed by atoms with E-state index in [0.29, 0.717) is 12.1 Å². The molecule has 1 aliphatic heterocycles. The maximum atomic E-state index is 12.0. The molecule has 1 aliphatic rings. The molecule has 1 fully saturated rings. The highest BCUT2D eigenvalue weighted by molar-refractivity contribution is 5.80. The van der Waals surface area contributed by atoms with Crippen LogP contribution >= 0.6 is 0 Å². The molecule has 0 bridgehead atoms. The van der Waals surface area contributed by atoms with Gasteiger partial charge >= 0.3 is 5.63 Å². The first-order chi connectivity index (χ1) is 11.7. The quantitative estimate of drug-likeness (QED) is 0.747. The van der Waals surface area contributed by atoms with Crippen molar-refractivity contribution < 1.29 is 4.42 Å². The summed E-state index contributed by atoms with van der Waals surface area (Å²) in [5.41, 5.74) is 2.56. The average molecular weight is 324 g/mol. The molecule has 1 atom stereocenters. The van der Waals surface area contributed by atoms with Gasteiger partial charge in [-0.25, -0.2) is 9.78 Å². The molecule has 1 saturated heterocycles. The number of benzene rings is 1. The Kier molecular flexibility index (Phi) is 3.90. The maximum absolute atomic E-state index is 12.0. The lowest BCUT2D eigenvalue weighted by Crippen LogP contribution is -2.24. The van der Waals surface area contributed by atoms with Gasteiger partial charge in [0.05, 0.1) is 6.04 Å². The Balaban J connectivity index is 1.70. The topological polar surface area (TPSA) is 75.0 Å². The Bertz CT molecular complexity index is 901. The second-order valence-electron chi connectivity index (χ2n) is 6.27. The van der Waals surface area contributed by atoms with Crippen LogP contribution in [0.15, 0.2) is 39.8 Å². The van der Waals surface area contributed by atoms with Gasteiger partial charge in [-0.05, 0) is 43.0 Å². The largest absolute Gasteiger partial charge is 0.423 e. The van der Waals surface area contributed by atoms with Gasteiger partial charge in [-0.2, -0.15) is 5.10 Å². The minimum atomic E-state index is -0.291. The van der Waals surface area contributed by atoms with Gasteiger partial charge in [-0.1, -0.05) is 19.1 Å². The van der Waals surface area contributed by atoms with Crippen molar-refractivity contribution >= 4 is 11.0 Å². The Morgan fingerprint density at radius 2 is 2.29 bits per heavy atom. The number of aromatic nitrogens is 3. The van der Waals surface area contributed by atoms with Crippen LogP contribution in [0.4, 0.5) is 0 Å². The van der Waals surface area contributed by atoms with Crippen LogP contribution in [0.5, 0.6) is 0 Å². The summed E-state index contributed by atoms with van der Waals surface area (Å²) in [6.45, 7) is 3.79. The van der Waals surface area contributed by atoms with Crippen LogP contribution in [0.1, 0.15) is 42.8 Å². The van der Waals surface area contributed by atoms with Crippen LogP contribution in [0, 0.1) is 0 Å². The van der Waals surface area contributed by atoms with E-state index >= 15 is 0 Å². The SMILES string of the molecule is CCc1ccc2c(CN3CCC[C@H]3c3ncn[nH]3)cc(=O)oc2c1. The third-order valence-electron chi connectivity index (χ3n) is 4.79. The third-order valence-corrected chi connectivity index (χ3v) is 4.79. The summed E-state index contributed by atoms with van der Waals surface area (Å²) in [5.74, 6) is 0.896. The van der Waals surface area contributed by atoms with Crippen molar-refractivity contribution in [1.82, 2.24) is 20.1 Å². The normalized spacial score (nSPS) is 18.5. The zero-order valence-electron chi connectivity index (χ0n) is 13.7. The van der Waals surface area contributed by atoms with Crippen LogP contribution in [-0.4, -0.2) is 26.6 Å². The molecule has 4 rings (SSSR count). The minimum absolute atomic E-state index is 0.227. The highest BCUT2D eigenvalue weighted by Gasteiger charge is 2.28. The molecule has 0 unspecified atom stereocenters. The Labute approximate surface area is 139 Å². The number of aryl methyl sites for hydroxylation is 1. The van der Waals surface area contributed by atoms with Crippen molar-refractivity contribution in [3.05, 3.63) is 58.0 Å². The average Bonchev–Trinajstić information content (AvgIpc) is 3.25. The minimum Gasteiger partial charge on any atom is -0.423 e. The summed E-state index contributed by atoms with van der Waals surface area (Å²) in [6.07, 6.45) is 4.63. The van der Waals surface area contributed by atoms with E-state index in [0.717, 1.165) is 42.6 Å². The first kappa shape index (κ1) is 15.1. The van der Waals surface area contributed by atoms with Gasteiger partial charge in [-0.3, -0.25) is 10.00 Å². The van der Waals surface area contributed by atoms with Crippen molar-refractivity contribution in [3.63, 3.8) is 0 Å². The molecule has 0 spiro atoms. The number of nitrogens with one attached hydrogen (secondary N) is 1. The number of aromatic amines is 1. The van der Waals surface area contributed by atoms with Crippen molar-refractivity contribution in [2.75, 3.05) is 6.54 Å². The van der Waals surface area contributed by atoms with Crippen LogP contribution < -0.4 is 5.63 Å². The predicted molar refractivity (Wildman–Crippen MR) is 90.6 cm³/mol. The molecule has 0 aliphatic carbocycles. The molecule has 3 heterocycles. The predicted octanol–water partition coefficient (Wildman–Crippen LogP) is 2.81. The van der Waals surface area contributed by atoms with Crippen LogP contribution in [0.3, 0.4) is 0 Å². The first-order valence-corrected chi connectivity index (χ1v) is 8.39. The Morgan fingerprint density at radius 3 is 3.08 bits per heavy atom. The summed E-state index contributed by atoms with van der Waals surface area (Å²) in [7, 11) is 0. The van der Waals surface area contributed by atoms with E-state index in [-0.39, 0.29) is 11.7 Å². The van der Waals surface area contributed by atoms with E-state index in [2.05, 4.69) is 39.1 Å². The standard InChI is InChI=1S/C18H20N4O2/c1-2-12-5-6-14-13(9-17(23)24-16(14)8-12)10-22-7-3-4-15(22)18-19-11-20-21-18/h5-6,8-9,11,15H,2-4,7,10H2,1H3,(H,19,20,21)/t15-/m0/s1. The van der Waals surface area contributed by atoms with E-state index in [9.17, 15) is 4.79 Å². The number of hydrogen-bond acceptors (Lipinski definition) is 5. The second-order valence-corrected chi connectivity index (χ2v) is 6.27. The molecule has 0 radical (unpaired) electrons. The number of nitrogens with zero attached hydrogens (tertiary/aromatic N) is 3. The lowest BCUT2D eigenvalue weighted by Gasteiger charge is -2.23. The lowest BCUT2D eigenvalue weighted by molar-refractivity contribution is 0.240. The fourth-order valence-electron chi connectivity index (χ4n) is 3.54. The van der Waals surface area contributed by atoms with Crippen molar-refractivity contribution in [2.45, 2.75) is 38.8 Å². The van der Waals surface area contributed by atoms with Gasteiger partial charge in [0.15, 0.2) is 0 Å². The van der Waals surface area contributed by atoms with Gasteiger partial charge in [0.25, 0.3) is 0 Å². The number of fused-ring (bicyclic) bond motifs is 1. The number of rotatable bonds is 4. The van der Waals surface area contributed by atoms with Crippen LogP contribution in [0.25, 0.3) is 11.0 Å². The molecule has 2 aromatic heterocycles. The highest BCUT2D eigenvalue weighted by Crippen LogP contribution is 2.32. The molecule has 124 valence electrons. The van der Waals surface area contributed by atoms with Crippen LogP contribution in [0.2, 0.25) is 0 Å². The maximum Gasteiger partial charge on any atom is 0.336 e. The van der Waals surface area contributed by atoms with Crippen LogP contribution in [-0.2, 0) is 13.0 Å². The zero-order valence-corrected chi connectivity index (χ0v) is 13.7. The Morgan fingerprint density at radius 1 is 1.38 bits per heavy atom. The molecule has 1 N–H and O–H groups in total. The smallest absolute Gasteiger partial charge is 0.336 e. The van der Waals surface area contributed by atoms with Crippen molar-refractivity contribution in [2.24, 2.45) is 0 Å². The summed E-state index contributed by atoms with van der Waals surface area (Å²) >= 11 is 0. The molecular weight excluding hydrogens is 304 g/mol. The van der Waals surface area contributed by atoms with Gasteiger partial charge in [0, 0.05) is 18.0 Å². The molecule has 6 nitrogen and oxygen atoms in total. The van der Waals surface area contributed by atoms with Gasteiger partial charge in [-0.15, -0.1) is 0 Å². The van der Waals surface area contributed by atoms with Crippen molar-refractivity contribution in [3.8, 4) is 0 Å². The number of likely N-dealkylation sites (tertiary alicyclic amines) is 1. The zero-order chi connectivity index (χ0) is 16.5. The van der Waals surface area contributed by atoms with Gasteiger partial charge < -0.3 is 4.42 Å². The molecule has 3 aromatic rings. The van der Waals surface area contributed by atoms with E-state index in [1.54, 1.807) is 12.4 Å².